The first-order valence-electron chi connectivity index (χ1n) is 6.59. The fourth-order valence-electron chi connectivity index (χ4n) is 1.97. The molecule has 0 spiro atoms. The Hall–Kier alpha value is -1.73. The van der Waals surface area contributed by atoms with Crippen LogP contribution in [0.4, 0.5) is 5.82 Å². The smallest absolute Gasteiger partial charge is 0.360 e. The lowest BCUT2D eigenvalue weighted by Gasteiger charge is -2.21. The molecule has 24 heavy (non-hydrogen) atoms. The molecule has 5 N–H and O–H groups in total. The van der Waals surface area contributed by atoms with Crippen molar-refractivity contribution >= 4 is 21.0 Å². The van der Waals surface area contributed by atoms with Crippen LogP contribution in [0.3, 0.4) is 0 Å². The van der Waals surface area contributed by atoms with Crippen molar-refractivity contribution in [2.24, 2.45) is 0 Å². The van der Waals surface area contributed by atoms with Crippen molar-refractivity contribution in [1.82, 2.24) is 4.98 Å². The number of aromatic nitrogens is 1. The van der Waals surface area contributed by atoms with Crippen molar-refractivity contribution in [3.8, 4) is 16.9 Å². The summed E-state index contributed by atoms with van der Waals surface area (Å²) in [7, 11) is -8.65. The van der Waals surface area contributed by atoms with Gasteiger partial charge in [0.2, 0.25) is 5.52 Å². The van der Waals surface area contributed by atoms with Crippen molar-refractivity contribution in [3.63, 3.8) is 0 Å². The van der Waals surface area contributed by atoms with Gasteiger partial charge in [0.05, 0.1) is 7.11 Å². The highest BCUT2D eigenvalue weighted by molar-refractivity contribution is 7.71. The molecule has 0 bridgehead atoms. The fourth-order valence-corrected chi connectivity index (χ4v) is 4.14. The molecule has 0 saturated heterocycles. The van der Waals surface area contributed by atoms with Crippen LogP contribution in [-0.2, 0) is 9.13 Å². The number of rotatable bonds is 6. The minimum Gasteiger partial charge on any atom is -0.497 e. The lowest BCUT2D eigenvalue weighted by Crippen LogP contribution is -2.20. The Balaban J connectivity index is 2.32. The molecule has 0 saturated carbocycles. The number of nitrogens with one attached hydrogen (secondary N) is 1. The van der Waals surface area contributed by atoms with Gasteiger partial charge < -0.3 is 29.6 Å². The quantitative estimate of drug-likeness (QED) is 0.477. The van der Waals surface area contributed by atoms with Gasteiger partial charge in [0, 0.05) is 6.20 Å². The monoisotopic (exact) mass is 374 g/mol. The van der Waals surface area contributed by atoms with Gasteiger partial charge in [0.1, 0.15) is 11.6 Å². The van der Waals surface area contributed by atoms with E-state index in [0.29, 0.717) is 11.3 Å². The molecule has 130 valence electrons. The van der Waals surface area contributed by atoms with Crippen LogP contribution in [0.2, 0.25) is 0 Å². The van der Waals surface area contributed by atoms with Crippen LogP contribution in [0, 0.1) is 0 Å². The molecule has 0 atom stereocenters. The zero-order chi connectivity index (χ0) is 18.0. The molecular weight excluding hydrogens is 358 g/mol. The second-order valence-electron chi connectivity index (χ2n) is 4.85. The largest absolute Gasteiger partial charge is 0.497 e. The molecule has 9 nitrogen and oxygen atoms in total. The third-order valence-electron chi connectivity index (χ3n) is 3.10. The van der Waals surface area contributed by atoms with Crippen LogP contribution in [0.1, 0.15) is 0 Å². The number of pyridine rings is 1. The zero-order valence-electron chi connectivity index (χ0n) is 12.5. The van der Waals surface area contributed by atoms with Gasteiger partial charge in [0.25, 0.3) is 0 Å². The number of nitrogens with zero attached hydrogens (tertiary/aromatic N) is 1. The van der Waals surface area contributed by atoms with Crippen LogP contribution in [0.15, 0.2) is 42.6 Å². The van der Waals surface area contributed by atoms with Crippen molar-refractivity contribution in [3.05, 3.63) is 42.6 Å². The lowest BCUT2D eigenvalue weighted by atomic mass is 10.1. The maximum absolute atomic E-state index is 11.3. The molecule has 2 rings (SSSR count). The maximum Gasteiger partial charge on any atom is 0.360 e. The van der Waals surface area contributed by atoms with Crippen LogP contribution >= 0.6 is 15.2 Å². The first kappa shape index (κ1) is 18.6. The van der Waals surface area contributed by atoms with E-state index in [9.17, 15) is 9.13 Å². The minimum absolute atomic E-state index is 0.0695. The average molecular weight is 374 g/mol. The minimum atomic E-state index is -5.09. The van der Waals surface area contributed by atoms with Crippen molar-refractivity contribution < 1.29 is 33.4 Å². The Labute approximate surface area is 137 Å². The number of methoxy groups -OCH3 is 1. The predicted octanol–water partition coefficient (Wildman–Crippen LogP) is 1.81. The molecule has 0 unspecified atom stereocenters. The fraction of sp³-hybridized carbons (Fsp3) is 0.154. The molecule has 1 aromatic carbocycles. The zero-order valence-corrected chi connectivity index (χ0v) is 14.3. The van der Waals surface area contributed by atoms with Crippen LogP contribution in [-0.4, -0.2) is 37.2 Å². The SMILES string of the molecule is COc1ccc(-c2ccnc(NC(P(=O)(O)O)P(=O)(O)O)c2)cc1. The Kier molecular flexibility index (Phi) is 5.45. The number of hydrogen-bond donors (Lipinski definition) is 5. The Morgan fingerprint density at radius 3 is 2.08 bits per heavy atom. The summed E-state index contributed by atoms with van der Waals surface area (Å²) >= 11 is 0. The highest BCUT2D eigenvalue weighted by Gasteiger charge is 2.43. The van der Waals surface area contributed by atoms with Gasteiger partial charge in [-0.2, -0.15) is 0 Å². The summed E-state index contributed by atoms with van der Waals surface area (Å²) in [4.78, 5) is 40.4. The summed E-state index contributed by atoms with van der Waals surface area (Å²) < 4.78 is 27.7. The second kappa shape index (κ2) is 7.03. The predicted molar refractivity (Wildman–Crippen MR) is 87.7 cm³/mol. The van der Waals surface area contributed by atoms with Gasteiger partial charge in [-0.1, -0.05) is 12.1 Å². The Morgan fingerprint density at radius 1 is 1.00 bits per heavy atom. The van der Waals surface area contributed by atoms with E-state index in [1.54, 1.807) is 30.3 Å². The summed E-state index contributed by atoms with van der Waals surface area (Å²) in [6, 6.07) is 10.1. The standard InChI is InChI=1S/C13H16N2O7P2/c1-22-11-4-2-9(3-5-11)10-6-7-14-12(8-10)15-13(23(16,17)18)24(19,20)21/h2-8,13H,1H3,(H,14,15)(H2,16,17,18)(H2,19,20,21). The molecule has 0 amide bonds. The molecule has 0 aliphatic carbocycles. The van der Waals surface area contributed by atoms with Crippen molar-refractivity contribution in [1.29, 1.82) is 0 Å². The van der Waals surface area contributed by atoms with Gasteiger partial charge >= 0.3 is 15.2 Å². The van der Waals surface area contributed by atoms with Crippen LogP contribution in [0.5, 0.6) is 5.75 Å². The summed E-state index contributed by atoms with van der Waals surface area (Å²) in [5, 5.41) is 2.13. The van der Waals surface area contributed by atoms with E-state index in [4.69, 9.17) is 24.3 Å². The van der Waals surface area contributed by atoms with E-state index < -0.39 is 20.7 Å². The number of benzene rings is 1. The summed E-state index contributed by atoms with van der Waals surface area (Å²) in [6.07, 6.45) is 1.36. The molecule has 1 heterocycles. The third kappa shape index (κ3) is 4.64. The van der Waals surface area contributed by atoms with Crippen LogP contribution in [0.25, 0.3) is 11.1 Å². The summed E-state index contributed by atoms with van der Waals surface area (Å²) in [5.74, 6) is 0.592. The van der Waals surface area contributed by atoms with Gasteiger partial charge in [-0.05, 0) is 35.4 Å². The van der Waals surface area contributed by atoms with E-state index in [1.807, 2.05) is 0 Å². The lowest BCUT2D eigenvalue weighted by molar-refractivity contribution is 0.343. The Bertz CT molecular complexity index is 778. The summed E-state index contributed by atoms with van der Waals surface area (Å²) in [6.45, 7) is 0. The first-order valence-corrected chi connectivity index (χ1v) is 9.95. The third-order valence-corrected chi connectivity index (χ3v) is 6.44. The van der Waals surface area contributed by atoms with Crippen molar-refractivity contribution in [2.75, 3.05) is 12.4 Å². The van der Waals surface area contributed by atoms with E-state index >= 15 is 0 Å². The van der Waals surface area contributed by atoms with Gasteiger partial charge in [0.15, 0.2) is 0 Å². The van der Waals surface area contributed by atoms with Crippen molar-refractivity contribution in [2.45, 2.75) is 5.52 Å². The normalized spacial score (nSPS) is 12.2. The maximum atomic E-state index is 11.3. The van der Waals surface area contributed by atoms with E-state index in [0.717, 1.165) is 5.56 Å². The number of hydrogen-bond acceptors (Lipinski definition) is 5. The number of ether oxygens (including phenoxy) is 1. The molecule has 0 aliphatic heterocycles. The molecular formula is C13H16N2O7P2. The molecule has 0 aliphatic rings. The van der Waals surface area contributed by atoms with Gasteiger partial charge in [-0.25, -0.2) is 4.98 Å². The molecule has 0 radical (unpaired) electrons. The highest BCUT2D eigenvalue weighted by atomic mass is 31.2. The van der Waals surface area contributed by atoms with Crippen LogP contribution < -0.4 is 10.1 Å². The molecule has 2 aromatic rings. The molecule has 0 fully saturated rings. The second-order valence-corrected chi connectivity index (χ2v) is 8.65. The molecule has 1 aromatic heterocycles. The topological polar surface area (TPSA) is 149 Å². The summed E-state index contributed by atoms with van der Waals surface area (Å²) in [5.41, 5.74) is -0.945. The van der Waals surface area contributed by atoms with E-state index in [2.05, 4.69) is 10.3 Å². The van der Waals surface area contributed by atoms with E-state index in [-0.39, 0.29) is 5.82 Å². The number of anilines is 1. The molecule has 11 heteroatoms. The van der Waals surface area contributed by atoms with E-state index in [1.165, 1.54) is 19.4 Å². The van der Waals surface area contributed by atoms with Gasteiger partial charge in [-0.15, -0.1) is 0 Å². The Morgan fingerprint density at radius 2 is 1.58 bits per heavy atom. The average Bonchev–Trinajstić information content (AvgIpc) is 2.51. The van der Waals surface area contributed by atoms with Gasteiger partial charge in [-0.3, -0.25) is 9.13 Å². The highest BCUT2D eigenvalue weighted by Crippen LogP contribution is 2.59. The first-order chi connectivity index (χ1) is 11.1.